The smallest absolute Gasteiger partial charge is 0.294 e. The average Bonchev–Trinajstić information content (AvgIpc) is 3.00. The largest absolute Gasteiger partial charge is 0.503 e. The Bertz CT molecular complexity index is 1120. The molecule has 150 valence electrons. The highest BCUT2D eigenvalue weighted by atomic mass is 79.9. The summed E-state index contributed by atoms with van der Waals surface area (Å²) in [7, 11) is 0. The minimum absolute atomic E-state index is 0.163. The number of nitrogens with zero attached hydrogens (tertiary/aromatic N) is 1. The van der Waals surface area contributed by atoms with Crippen molar-refractivity contribution in [3.05, 3.63) is 117 Å². The van der Waals surface area contributed by atoms with Crippen molar-refractivity contribution in [2.24, 2.45) is 0 Å². The maximum atomic E-state index is 13.1. The van der Waals surface area contributed by atoms with Gasteiger partial charge in [-0.3, -0.25) is 9.69 Å². The molecular formula is C26H22BrNO2. The first-order valence-corrected chi connectivity index (χ1v) is 10.6. The lowest BCUT2D eigenvalue weighted by molar-refractivity contribution is -0.117. The summed E-state index contributed by atoms with van der Waals surface area (Å²) in [4.78, 5) is 14.8. The van der Waals surface area contributed by atoms with Gasteiger partial charge in [-0.1, -0.05) is 88.7 Å². The summed E-state index contributed by atoms with van der Waals surface area (Å²) in [6, 6.07) is 25.3. The molecule has 1 aliphatic rings. The summed E-state index contributed by atoms with van der Waals surface area (Å²) in [6.07, 6.45) is 4.50. The van der Waals surface area contributed by atoms with Crippen molar-refractivity contribution in [1.82, 2.24) is 0 Å². The molecular weight excluding hydrogens is 438 g/mol. The third-order valence-corrected chi connectivity index (χ3v) is 5.85. The van der Waals surface area contributed by atoms with E-state index >= 15 is 0 Å². The van der Waals surface area contributed by atoms with Crippen LogP contribution in [0.1, 0.15) is 29.2 Å². The Hall–Kier alpha value is -3.11. The maximum absolute atomic E-state index is 13.1. The molecule has 0 saturated carbocycles. The van der Waals surface area contributed by atoms with Gasteiger partial charge in [-0.25, -0.2) is 0 Å². The summed E-state index contributed by atoms with van der Waals surface area (Å²) >= 11 is 3.48. The first kappa shape index (κ1) is 20.2. The van der Waals surface area contributed by atoms with Gasteiger partial charge in [0.2, 0.25) is 0 Å². The second-order valence-corrected chi connectivity index (χ2v) is 8.22. The zero-order valence-corrected chi connectivity index (χ0v) is 18.2. The lowest BCUT2D eigenvalue weighted by atomic mass is 9.96. The van der Waals surface area contributed by atoms with Crippen molar-refractivity contribution in [3.8, 4) is 0 Å². The molecule has 3 nitrogen and oxygen atoms in total. The molecule has 1 heterocycles. The van der Waals surface area contributed by atoms with Gasteiger partial charge in [-0.2, -0.15) is 0 Å². The SMILES string of the molecule is Cc1ccccc1N1C(=O)C(O)=C(C/C=C/c2ccccc2)C1c1ccc(Br)cc1. The number of halogens is 1. The fraction of sp³-hybridized carbons (Fsp3) is 0.115. The van der Waals surface area contributed by atoms with Crippen molar-refractivity contribution in [2.75, 3.05) is 4.90 Å². The number of hydrogen-bond acceptors (Lipinski definition) is 2. The van der Waals surface area contributed by atoms with Crippen LogP contribution in [-0.4, -0.2) is 11.0 Å². The van der Waals surface area contributed by atoms with Gasteiger partial charge in [0.25, 0.3) is 5.91 Å². The molecule has 3 aromatic rings. The van der Waals surface area contributed by atoms with E-state index in [1.165, 1.54) is 0 Å². The number of aliphatic hydroxyl groups is 1. The van der Waals surface area contributed by atoms with Crippen LogP contribution in [0, 0.1) is 6.92 Å². The van der Waals surface area contributed by atoms with Crippen molar-refractivity contribution in [2.45, 2.75) is 19.4 Å². The fourth-order valence-corrected chi connectivity index (χ4v) is 4.09. The standard InChI is InChI=1S/C26H22BrNO2/c1-18-8-5-6-13-23(18)28-24(20-14-16-21(27)17-15-20)22(25(29)26(28)30)12-7-11-19-9-3-2-4-10-19/h2-11,13-17,24,29H,12H2,1H3/b11-7+. The number of anilines is 1. The van der Waals surface area contributed by atoms with Crippen LogP contribution in [-0.2, 0) is 4.79 Å². The summed E-state index contributed by atoms with van der Waals surface area (Å²) in [5, 5.41) is 10.8. The highest BCUT2D eigenvalue weighted by Gasteiger charge is 2.41. The summed E-state index contributed by atoms with van der Waals surface area (Å²) in [5.41, 5.74) is 4.54. The van der Waals surface area contributed by atoms with E-state index in [0.29, 0.717) is 12.0 Å². The molecule has 0 spiro atoms. The van der Waals surface area contributed by atoms with E-state index in [9.17, 15) is 9.90 Å². The number of para-hydroxylation sites is 1. The average molecular weight is 460 g/mol. The Morgan fingerprint density at radius 1 is 0.967 bits per heavy atom. The van der Waals surface area contributed by atoms with Gasteiger partial charge in [0.15, 0.2) is 5.76 Å². The molecule has 30 heavy (non-hydrogen) atoms. The van der Waals surface area contributed by atoms with Gasteiger partial charge in [0.1, 0.15) is 0 Å². The topological polar surface area (TPSA) is 40.5 Å². The molecule has 4 rings (SSSR count). The first-order chi connectivity index (χ1) is 14.6. The van der Waals surface area contributed by atoms with Gasteiger partial charge in [-0.05, 0) is 48.2 Å². The van der Waals surface area contributed by atoms with Gasteiger partial charge in [0, 0.05) is 15.7 Å². The zero-order valence-electron chi connectivity index (χ0n) is 16.6. The molecule has 1 amide bonds. The van der Waals surface area contributed by atoms with E-state index in [0.717, 1.165) is 26.9 Å². The lowest BCUT2D eigenvalue weighted by Gasteiger charge is -2.28. The zero-order chi connectivity index (χ0) is 21.1. The number of hydrogen-bond donors (Lipinski definition) is 1. The molecule has 1 unspecified atom stereocenters. The van der Waals surface area contributed by atoms with Crippen molar-refractivity contribution in [1.29, 1.82) is 0 Å². The molecule has 1 atom stereocenters. The predicted molar refractivity (Wildman–Crippen MR) is 125 cm³/mol. The fourth-order valence-electron chi connectivity index (χ4n) is 3.83. The maximum Gasteiger partial charge on any atom is 0.294 e. The van der Waals surface area contributed by atoms with Crippen LogP contribution in [0.25, 0.3) is 6.08 Å². The molecule has 0 aromatic heterocycles. The van der Waals surface area contributed by atoms with E-state index < -0.39 is 0 Å². The Labute approximate surface area is 185 Å². The van der Waals surface area contributed by atoms with Crippen LogP contribution < -0.4 is 4.90 Å². The van der Waals surface area contributed by atoms with E-state index in [2.05, 4.69) is 15.9 Å². The summed E-state index contributed by atoms with van der Waals surface area (Å²) in [5.74, 6) is -0.524. The van der Waals surface area contributed by atoms with E-state index in [1.807, 2.05) is 97.9 Å². The Balaban J connectivity index is 1.74. The third-order valence-electron chi connectivity index (χ3n) is 5.32. The van der Waals surface area contributed by atoms with Crippen LogP contribution >= 0.6 is 15.9 Å². The molecule has 1 N–H and O–H groups in total. The van der Waals surface area contributed by atoms with Crippen LogP contribution in [0.2, 0.25) is 0 Å². The van der Waals surface area contributed by atoms with Gasteiger partial charge in [-0.15, -0.1) is 0 Å². The lowest BCUT2D eigenvalue weighted by Crippen LogP contribution is -2.30. The summed E-state index contributed by atoms with van der Waals surface area (Å²) < 4.78 is 0.969. The summed E-state index contributed by atoms with van der Waals surface area (Å²) in [6.45, 7) is 1.98. The molecule has 0 aliphatic carbocycles. The van der Waals surface area contributed by atoms with Crippen molar-refractivity contribution >= 4 is 33.6 Å². The number of carbonyl (C=O) groups is 1. The molecule has 0 radical (unpaired) electrons. The molecule has 0 saturated heterocycles. The van der Waals surface area contributed by atoms with E-state index in [4.69, 9.17) is 0 Å². The molecule has 4 heteroatoms. The predicted octanol–water partition coefficient (Wildman–Crippen LogP) is 6.76. The van der Waals surface area contributed by atoms with Crippen molar-refractivity contribution < 1.29 is 9.90 Å². The van der Waals surface area contributed by atoms with E-state index in [-0.39, 0.29) is 17.7 Å². The van der Waals surface area contributed by atoms with Crippen molar-refractivity contribution in [3.63, 3.8) is 0 Å². The third kappa shape index (κ3) is 3.96. The second-order valence-electron chi connectivity index (χ2n) is 7.31. The van der Waals surface area contributed by atoms with Gasteiger partial charge in [0.05, 0.1) is 6.04 Å². The monoisotopic (exact) mass is 459 g/mol. The molecule has 3 aromatic carbocycles. The van der Waals surface area contributed by atoms with Crippen LogP contribution in [0.5, 0.6) is 0 Å². The molecule has 0 fully saturated rings. The highest BCUT2D eigenvalue weighted by molar-refractivity contribution is 9.10. The number of allylic oxidation sites excluding steroid dienone is 1. The highest BCUT2D eigenvalue weighted by Crippen LogP contribution is 2.43. The number of aryl methyl sites for hydroxylation is 1. The molecule has 1 aliphatic heterocycles. The van der Waals surface area contributed by atoms with E-state index in [1.54, 1.807) is 4.90 Å². The minimum Gasteiger partial charge on any atom is -0.503 e. The van der Waals surface area contributed by atoms with Gasteiger partial charge >= 0.3 is 0 Å². The number of amides is 1. The Kier molecular flexibility index (Phi) is 5.86. The number of aliphatic hydroxyl groups excluding tert-OH is 1. The van der Waals surface area contributed by atoms with Gasteiger partial charge < -0.3 is 5.11 Å². The molecule has 0 bridgehead atoms. The quantitative estimate of drug-likeness (QED) is 0.457. The number of carbonyl (C=O) groups excluding carboxylic acids is 1. The van der Waals surface area contributed by atoms with Crippen LogP contribution in [0.3, 0.4) is 0 Å². The number of benzene rings is 3. The van der Waals surface area contributed by atoms with Crippen LogP contribution in [0.4, 0.5) is 5.69 Å². The Morgan fingerprint density at radius 3 is 2.33 bits per heavy atom. The second kappa shape index (κ2) is 8.72. The first-order valence-electron chi connectivity index (χ1n) is 9.84. The van der Waals surface area contributed by atoms with Crippen LogP contribution in [0.15, 0.2) is 101 Å². The Morgan fingerprint density at radius 2 is 1.63 bits per heavy atom. The normalized spacial score (nSPS) is 16.7. The minimum atomic E-state index is -0.361. The number of rotatable bonds is 5.